The van der Waals surface area contributed by atoms with Gasteiger partial charge in [0.15, 0.2) is 0 Å². The summed E-state index contributed by atoms with van der Waals surface area (Å²) in [6.07, 6.45) is 0. The van der Waals surface area contributed by atoms with Gasteiger partial charge in [-0.1, -0.05) is 0 Å². The molecule has 0 aliphatic heterocycles. The molecule has 0 spiro atoms. The molecule has 0 atom stereocenters. The molecule has 0 N–H and O–H groups in total. The van der Waals surface area contributed by atoms with Crippen molar-refractivity contribution in [2.24, 2.45) is 0 Å². The van der Waals surface area contributed by atoms with Crippen LogP contribution in [0.2, 0.25) is 0 Å². The van der Waals surface area contributed by atoms with E-state index >= 15 is 0 Å². The summed E-state index contributed by atoms with van der Waals surface area (Å²) in [5, 5.41) is 18.2. The molecule has 0 unspecified atom stereocenters. The maximum Gasteiger partial charge on any atom is 1.00 e. The maximum atomic E-state index is 9.11. The molecule has 28 valence electrons. The average molecular weight is 118 g/mol. The van der Waals surface area contributed by atoms with Crippen molar-refractivity contribution in [2.45, 2.75) is 0 Å². The van der Waals surface area contributed by atoms with Crippen LogP contribution in [0.15, 0.2) is 0 Å². The fraction of sp³-hybridized carbons (Fsp3) is 0. The summed E-state index contributed by atoms with van der Waals surface area (Å²) in [5.41, 5.74) is 0. The maximum absolute atomic E-state index is 9.11. The summed E-state index contributed by atoms with van der Waals surface area (Å²) < 4.78 is 3.72. The van der Waals surface area contributed by atoms with Crippen molar-refractivity contribution in [2.75, 3.05) is 0 Å². The quantitative estimate of drug-likeness (QED) is 0.338. The van der Waals surface area contributed by atoms with Crippen molar-refractivity contribution in [3.05, 3.63) is 0 Å². The van der Waals surface area contributed by atoms with Crippen LogP contribution in [0.25, 0.3) is 0 Å². The molecule has 0 aromatic rings. The molecule has 0 aliphatic rings. The molecule has 3 nitrogen and oxygen atoms in total. The third-order valence-electron chi connectivity index (χ3n) is 0.167. The molecule has 0 amide bonds. The van der Waals surface area contributed by atoms with Crippen molar-refractivity contribution < 1.29 is 73.7 Å². The Kier molecular flexibility index (Phi) is 35.9. The second-order valence-electron chi connectivity index (χ2n) is 0.440. The van der Waals surface area contributed by atoms with Crippen LogP contribution in [0, 0.1) is 0 Å². The first kappa shape index (κ1) is 16.0. The standard InChI is InChI=1S/B2H2O3.2Na/c3-1-5-2-4;;/h1-2H;;/q-2;2*+1. The van der Waals surface area contributed by atoms with Gasteiger partial charge in [-0.3, -0.25) is 0 Å². The molecular formula is H2B2Na2O3. The van der Waals surface area contributed by atoms with Gasteiger partial charge in [-0.2, -0.15) is 0 Å². The van der Waals surface area contributed by atoms with Gasteiger partial charge >= 0.3 is 59.1 Å². The van der Waals surface area contributed by atoms with Crippen molar-refractivity contribution in [1.82, 2.24) is 0 Å². The van der Waals surface area contributed by atoms with E-state index in [1.165, 1.54) is 0 Å². The molecule has 0 aliphatic carbocycles. The van der Waals surface area contributed by atoms with E-state index in [2.05, 4.69) is 4.57 Å². The van der Waals surface area contributed by atoms with Gasteiger partial charge in [-0.15, -0.1) is 0 Å². The van der Waals surface area contributed by atoms with Gasteiger partial charge in [-0.25, -0.2) is 0 Å². The first-order valence-electron chi connectivity index (χ1n) is 1.15. The Morgan fingerprint density at radius 2 is 1.29 bits per heavy atom. The van der Waals surface area contributed by atoms with Gasteiger partial charge in [-0.05, 0) is 0 Å². The fourth-order valence-electron chi connectivity index (χ4n) is 0.0340. The SMILES string of the molecule is [Na+].[Na+].[O-]BOB[O-]. The Labute approximate surface area is 88.0 Å². The van der Waals surface area contributed by atoms with Crippen molar-refractivity contribution in [3.63, 3.8) is 0 Å². The minimum Gasteiger partial charge on any atom is -0.861 e. The number of hydrogen-bond donors (Lipinski definition) is 0. The molecule has 7 heteroatoms. The van der Waals surface area contributed by atoms with Crippen LogP contribution in [0.4, 0.5) is 0 Å². The smallest absolute Gasteiger partial charge is 0.861 e. The summed E-state index contributed by atoms with van der Waals surface area (Å²) in [6, 6.07) is 0. The second-order valence-corrected chi connectivity index (χ2v) is 0.440. The Hall–Kier alpha value is 2.01. The van der Waals surface area contributed by atoms with Crippen molar-refractivity contribution in [3.8, 4) is 0 Å². The van der Waals surface area contributed by atoms with E-state index in [-0.39, 0.29) is 59.1 Å². The Bertz CT molecular complexity index is 18.4. The fourth-order valence-corrected chi connectivity index (χ4v) is 0.0340. The van der Waals surface area contributed by atoms with Crippen LogP contribution >= 0.6 is 0 Å². The number of hydrogen-bond acceptors (Lipinski definition) is 3. The van der Waals surface area contributed by atoms with Crippen LogP contribution in [-0.2, 0) is 4.57 Å². The van der Waals surface area contributed by atoms with Crippen molar-refractivity contribution in [1.29, 1.82) is 0 Å². The molecule has 0 aromatic heterocycles. The van der Waals surface area contributed by atoms with E-state index in [4.69, 9.17) is 10.0 Å². The van der Waals surface area contributed by atoms with E-state index < -0.39 is 15.4 Å². The Balaban J connectivity index is -0.0000000800. The first-order valence-corrected chi connectivity index (χ1v) is 1.15. The van der Waals surface area contributed by atoms with E-state index in [0.29, 0.717) is 0 Å². The van der Waals surface area contributed by atoms with Gasteiger partial charge in [0.25, 0.3) is 0 Å². The average Bonchev–Trinajstić information content (AvgIpc) is 1.41. The first-order chi connectivity index (χ1) is 2.41. The second kappa shape index (κ2) is 15.7. The molecule has 0 heterocycles. The molecule has 0 saturated carbocycles. The number of rotatable bonds is 2. The third kappa shape index (κ3) is 18.0. The third-order valence-corrected chi connectivity index (χ3v) is 0.167. The minimum absolute atomic E-state index is 0. The molecular weight excluding hydrogens is 116 g/mol. The summed E-state index contributed by atoms with van der Waals surface area (Å²) >= 11 is 0. The molecule has 0 aromatic carbocycles. The van der Waals surface area contributed by atoms with Crippen LogP contribution < -0.4 is 69.2 Å². The zero-order chi connectivity index (χ0) is 4.12. The van der Waals surface area contributed by atoms with Crippen LogP contribution in [-0.4, -0.2) is 15.4 Å². The summed E-state index contributed by atoms with van der Waals surface area (Å²) in [6.45, 7) is 0. The zero-order valence-corrected chi connectivity index (χ0v) is 8.64. The van der Waals surface area contributed by atoms with Crippen molar-refractivity contribution >= 4 is 15.4 Å². The molecule has 0 bridgehead atoms. The van der Waals surface area contributed by atoms with Gasteiger partial charge < -0.3 is 14.6 Å². The zero-order valence-electron chi connectivity index (χ0n) is 4.64. The minimum atomic E-state index is -0.719. The predicted octanol–water partition coefficient (Wildman–Crippen LogP) is -9.74. The summed E-state index contributed by atoms with van der Waals surface area (Å²) in [4.78, 5) is 0. The summed E-state index contributed by atoms with van der Waals surface area (Å²) in [5.74, 6) is 0. The van der Waals surface area contributed by atoms with E-state index in [0.717, 1.165) is 0 Å². The van der Waals surface area contributed by atoms with Gasteiger partial charge in [0, 0.05) is 0 Å². The Morgan fingerprint density at radius 3 is 1.29 bits per heavy atom. The Morgan fingerprint density at radius 1 is 1.00 bits per heavy atom. The van der Waals surface area contributed by atoms with Gasteiger partial charge in [0.05, 0.1) is 0 Å². The predicted molar refractivity (Wildman–Crippen MR) is 15.4 cm³/mol. The normalized spacial score (nSPS) is 4.86. The largest absolute Gasteiger partial charge is 1.00 e. The monoisotopic (exact) mass is 118 g/mol. The summed E-state index contributed by atoms with van der Waals surface area (Å²) in [7, 11) is -1.44. The van der Waals surface area contributed by atoms with Gasteiger partial charge in [0.2, 0.25) is 0 Å². The van der Waals surface area contributed by atoms with E-state index in [1.807, 2.05) is 0 Å². The van der Waals surface area contributed by atoms with E-state index in [9.17, 15) is 0 Å². The van der Waals surface area contributed by atoms with Crippen LogP contribution in [0.1, 0.15) is 0 Å². The van der Waals surface area contributed by atoms with Gasteiger partial charge in [0.1, 0.15) is 15.4 Å². The van der Waals surface area contributed by atoms with E-state index in [1.54, 1.807) is 0 Å². The molecule has 0 radical (unpaired) electrons. The molecule has 0 rings (SSSR count). The van der Waals surface area contributed by atoms with Crippen LogP contribution in [0.3, 0.4) is 0 Å². The molecule has 7 heavy (non-hydrogen) atoms. The topological polar surface area (TPSA) is 55.3 Å². The molecule has 0 fully saturated rings. The van der Waals surface area contributed by atoms with Crippen LogP contribution in [0.5, 0.6) is 0 Å². The molecule has 0 saturated heterocycles.